The molecule has 0 aromatic heterocycles. The maximum Gasteiger partial charge on any atom is 0.319 e. The summed E-state index contributed by atoms with van der Waals surface area (Å²) in [6, 6.07) is 2.74. The van der Waals surface area contributed by atoms with E-state index < -0.39 is 23.9 Å². The zero-order chi connectivity index (χ0) is 14.4. The number of carbonyl (C=O) groups excluding carboxylic acids is 1. The largest absolute Gasteiger partial charge is 0.481 e. The summed E-state index contributed by atoms with van der Waals surface area (Å²) in [4.78, 5) is 22.2. The number of anilines is 1. The summed E-state index contributed by atoms with van der Waals surface area (Å²) in [7, 11) is 0. The number of carbonyl (C=O) groups is 2. The predicted molar refractivity (Wildman–Crippen MR) is 69.9 cm³/mol. The van der Waals surface area contributed by atoms with E-state index in [1.165, 1.54) is 12.1 Å². The SMILES string of the molecule is CCC(CC(=O)O)NC(=O)Nc1ccc(F)c(Cl)c1. The average Bonchev–Trinajstić information content (AvgIpc) is 2.32. The van der Waals surface area contributed by atoms with Crippen molar-refractivity contribution in [3.8, 4) is 0 Å². The van der Waals surface area contributed by atoms with E-state index in [0.29, 0.717) is 12.1 Å². The third-order valence-electron chi connectivity index (χ3n) is 2.43. The van der Waals surface area contributed by atoms with Crippen molar-refractivity contribution < 1.29 is 19.1 Å². The minimum atomic E-state index is -0.989. The molecule has 5 nitrogen and oxygen atoms in total. The van der Waals surface area contributed by atoms with E-state index in [4.69, 9.17) is 16.7 Å². The average molecular weight is 289 g/mol. The predicted octanol–water partition coefficient (Wildman–Crippen LogP) is 2.85. The summed E-state index contributed by atoms with van der Waals surface area (Å²) < 4.78 is 12.9. The van der Waals surface area contributed by atoms with Crippen LogP contribution in [0.25, 0.3) is 0 Å². The fraction of sp³-hybridized carbons (Fsp3) is 0.333. The van der Waals surface area contributed by atoms with Gasteiger partial charge in [0.05, 0.1) is 11.4 Å². The third-order valence-corrected chi connectivity index (χ3v) is 2.72. The van der Waals surface area contributed by atoms with Gasteiger partial charge in [-0.2, -0.15) is 0 Å². The number of amides is 2. The number of urea groups is 1. The number of hydrogen-bond donors (Lipinski definition) is 3. The second-order valence-electron chi connectivity index (χ2n) is 3.93. The number of benzene rings is 1. The standard InChI is InChI=1S/C12H14ClFN2O3/c1-2-7(6-11(17)18)15-12(19)16-8-3-4-10(14)9(13)5-8/h3-5,7H,2,6H2,1H3,(H,17,18)(H2,15,16,19). The molecule has 0 fully saturated rings. The lowest BCUT2D eigenvalue weighted by molar-refractivity contribution is -0.137. The van der Waals surface area contributed by atoms with Gasteiger partial charge in [-0.25, -0.2) is 9.18 Å². The highest BCUT2D eigenvalue weighted by Crippen LogP contribution is 2.19. The van der Waals surface area contributed by atoms with E-state index in [1.54, 1.807) is 6.92 Å². The molecule has 1 atom stereocenters. The lowest BCUT2D eigenvalue weighted by atomic mass is 10.1. The Morgan fingerprint density at radius 1 is 1.47 bits per heavy atom. The first-order chi connectivity index (χ1) is 8.92. The van der Waals surface area contributed by atoms with Crippen LogP contribution >= 0.6 is 11.6 Å². The number of carboxylic acids is 1. The van der Waals surface area contributed by atoms with Crippen LogP contribution < -0.4 is 10.6 Å². The zero-order valence-electron chi connectivity index (χ0n) is 10.2. The zero-order valence-corrected chi connectivity index (χ0v) is 11.0. The van der Waals surface area contributed by atoms with Crippen molar-refractivity contribution in [3.05, 3.63) is 29.0 Å². The van der Waals surface area contributed by atoms with Gasteiger partial charge in [0.15, 0.2) is 0 Å². The molecule has 0 aliphatic carbocycles. The topological polar surface area (TPSA) is 78.4 Å². The van der Waals surface area contributed by atoms with E-state index in [-0.39, 0.29) is 11.4 Å². The molecule has 0 aliphatic heterocycles. The van der Waals surface area contributed by atoms with Crippen LogP contribution in [0.15, 0.2) is 18.2 Å². The van der Waals surface area contributed by atoms with Crippen LogP contribution in [-0.4, -0.2) is 23.1 Å². The molecule has 3 N–H and O–H groups in total. The van der Waals surface area contributed by atoms with Gasteiger partial charge in [0.25, 0.3) is 0 Å². The molecule has 104 valence electrons. The van der Waals surface area contributed by atoms with Gasteiger partial charge in [0.1, 0.15) is 5.82 Å². The summed E-state index contributed by atoms with van der Waals surface area (Å²) in [5.74, 6) is -1.57. The maximum atomic E-state index is 12.9. The van der Waals surface area contributed by atoms with Gasteiger partial charge in [-0.3, -0.25) is 4.79 Å². The molecule has 0 heterocycles. The van der Waals surface area contributed by atoms with Crippen molar-refractivity contribution in [2.75, 3.05) is 5.32 Å². The maximum absolute atomic E-state index is 12.9. The number of nitrogens with one attached hydrogen (secondary N) is 2. The van der Waals surface area contributed by atoms with Crippen LogP contribution in [0.4, 0.5) is 14.9 Å². The van der Waals surface area contributed by atoms with E-state index in [0.717, 1.165) is 6.07 Å². The van der Waals surface area contributed by atoms with Crippen LogP contribution in [0, 0.1) is 5.82 Å². The number of halogens is 2. The Balaban J connectivity index is 2.58. The van der Waals surface area contributed by atoms with Crippen molar-refractivity contribution >= 4 is 29.3 Å². The lowest BCUT2D eigenvalue weighted by Crippen LogP contribution is -2.38. The van der Waals surface area contributed by atoms with Crippen molar-refractivity contribution in [3.63, 3.8) is 0 Å². The Kier molecular flexibility index (Phi) is 5.57. The fourth-order valence-corrected chi connectivity index (χ4v) is 1.62. The molecule has 0 spiro atoms. The molecule has 0 saturated carbocycles. The Morgan fingerprint density at radius 2 is 2.16 bits per heavy atom. The second-order valence-corrected chi connectivity index (χ2v) is 4.34. The number of hydrogen-bond acceptors (Lipinski definition) is 2. The number of carboxylic acid groups (broad SMARTS) is 1. The Bertz CT molecular complexity index is 482. The highest BCUT2D eigenvalue weighted by Gasteiger charge is 2.14. The molecular formula is C12H14ClFN2O3. The minimum absolute atomic E-state index is 0.102. The van der Waals surface area contributed by atoms with Gasteiger partial charge in [-0.1, -0.05) is 18.5 Å². The van der Waals surface area contributed by atoms with Crippen LogP contribution in [-0.2, 0) is 4.79 Å². The molecule has 0 radical (unpaired) electrons. The molecule has 2 amide bonds. The molecule has 0 bridgehead atoms. The van der Waals surface area contributed by atoms with Crippen LogP contribution in [0.3, 0.4) is 0 Å². The summed E-state index contributed by atoms with van der Waals surface area (Å²) in [5.41, 5.74) is 0.328. The van der Waals surface area contributed by atoms with Crippen LogP contribution in [0.2, 0.25) is 5.02 Å². The normalized spacial score (nSPS) is 11.7. The first-order valence-corrected chi connectivity index (χ1v) is 6.04. The molecule has 19 heavy (non-hydrogen) atoms. The van der Waals surface area contributed by atoms with Gasteiger partial charge in [-0.15, -0.1) is 0 Å². The quantitative estimate of drug-likeness (QED) is 0.779. The van der Waals surface area contributed by atoms with Gasteiger partial charge >= 0.3 is 12.0 Å². The van der Waals surface area contributed by atoms with E-state index in [9.17, 15) is 14.0 Å². The van der Waals surface area contributed by atoms with Crippen molar-refractivity contribution in [1.82, 2.24) is 5.32 Å². The minimum Gasteiger partial charge on any atom is -0.481 e. The van der Waals surface area contributed by atoms with Gasteiger partial charge in [-0.05, 0) is 24.6 Å². The molecule has 0 saturated heterocycles. The molecule has 1 aromatic rings. The van der Waals surface area contributed by atoms with Crippen LogP contribution in [0.1, 0.15) is 19.8 Å². The highest BCUT2D eigenvalue weighted by molar-refractivity contribution is 6.31. The van der Waals surface area contributed by atoms with E-state index in [1.807, 2.05) is 0 Å². The smallest absolute Gasteiger partial charge is 0.319 e. The first-order valence-electron chi connectivity index (χ1n) is 5.66. The van der Waals surface area contributed by atoms with E-state index >= 15 is 0 Å². The molecule has 7 heteroatoms. The Labute approximate surface area is 114 Å². The van der Waals surface area contributed by atoms with Gasteiger partial charge in [0, 0.05) is 11.7 Å². The van der Waals surface area contributed by atoms with Crippen molar-refractivity contribution in [1.29, 1.82) is 0 Å². The molecule has 0 aliphatic rings. The van der Waals surface area contributed by atoms with E-state index in [2.05, 4.69) is 10.6 Å². The van der Waals surface area contributed by atoms with Gasteiger partial charge in [0.2, 0.25) is 0 Å². The molecular weight excluding hydrogens is 275 g/mol. The Hall–Kier alpha value is -1.82. The number of aliphatic carboxylic acids is 1. The third kappa shape index (κ3) is 5.13. The highest BCUT2D eigenvalue weighted by atomic mass is 35.5. The molecule has 1 aromatic carbocycles. The van der Waals surface area contributed by atoms with Crippen molar-refractivity contribution in [2.24, 2.45) is 0 Å². The monoisotopic (exact) mass is 288 g/mol. The summed E-state index contributed by atoms with van der Waals surface area (Å²) in [6.45, 7) is 1.77. The van der Waals surface area contributed by atoms with Gasteiger partial charge < -0.3 is 15.7 Å². The molecule has 1 unspecified atom stereocenters. The summed E-state index contributed by atoms with van der Waals surface area (Å²) in [6.07, 6.45) is 0.331. The lowest BCUT2D eigenvalue weighted by Gasteiger charge is -2.15. The van der Waals surface area contributed by atoms with Crippen molar-refractivity contribution in [2.45, 2.75) is 25.8 Å². The Morgan fingerprint density at radius 3 is 2.68 bits per heavy atom. The molecule has 1 rings (SSSR count). The first kappa shape index (κ1) is 15.2. The van der Waals surface area contributed by atoms with Crippen LogP contribution in [0.5, 0.6) is 0 Å². The fourth-order valence-electron chi connectivity index (χ4n) is 1.43. The summed E-state index contributed by atoms with van der Waals surface area (Å²) >= 11 is 5.57. The second kappa shape index (κ2) is 6.94. The summed E-state index contributed by atoms with van der Waals surface area (Å²) in [5, 5.41) is 13.5. The number of rotatable bonds is 5.